The van der Waals surface area contributed by atoms with Gasteiger partial charge < -0.3 is 25.2 Å². The van der Waals surface area contributed by atoms with Crippen molar-refractivity contribution in [3.63, 3.8) is 0 Å². The Kier molecular flexibility index (Phi) is 26.3. The molecule has 1 aromatic rings. The number of nitrogens with one attached hydrogen (secondary N) is 2. The number of halogens is 3. The smallest absolute Gasteiger partial charge is 0.375 e. The number of unbranched alkanes of at least 4 members (excludes halogenated alkanes) is 14. The molecule has 3 N–H and O–H groups in total. The zero-order chi connectivity index (χ0) is 38.2. The second-order valence-corrected chi connectivity index (χ2v) is 15.6. The van der Waals surface area contributed by atoms with Crippen LogP contribution >= 0.6 is 67.8 Å². The van der Waals surface area contributed by atoms with Crippen LogP contribution in [0.4, 0.5) is 11.4 Å². The normalized spacial score (nSPS) is 12.2. The summed E-state index contributed by atoms with van der Waals surface area (Å²) in [6.45, 7) is 5.64. The quantitative estimate of drug-likeness (QED) is 0.0242. The minimum Gasteiger partial charge on any atom is -0.464 e. The predicted octanol–water partition coefficient (Wildman–Crippen LogP) is 8.65. The lowest BCUT2D eigenvalue weighted by Gasteiger charge is -2.23. The number of aliphatic hydroxyl groups is 1. The summed E-state index contributed by atoms with van der Waals surface area (Å²) >= 11 is 5.78. The molecule has 0 aliphatic carbocycles. The first-order valence-electron chi connectivity index (χ1n) is 17.9. The average molecular weight is 1060 g/mol. The second-order valence-electron chi connectivity index (χ2n) is 12.4. The highest BCUT2D eigenvalue weighted by atomic mass is 127. The third-order valence-electron chi connectivity index (χ3n) is 7.87. The summed E-state index contributed by atoms with van der Waals surface area (Å²) in [6.07, 6.45) is 14.7. The third-order valence-corrected chi connectivity index (χ3v) is 11.1. The summed E-state index contributed by atoms with van der Waals surface area (Å²) in [5.74, 6) is -3.21. The molecular formula is C36H55I3N2O10. The lowest BCUT2D eigenvalue weighted by Crippen LogP contribution is -2.43. The van der Waals surface area contributed by atoms with E-state index >= 15 is 0 Å². The van der Waals surface area contributed by atoms with E-state index in [0.29, 0.717) is 28.5 Å². The molecule has 12 nitrogen and oxygen atoms in total. The van der Waals surface area contributed by atoms with Gasteiger partial charge in [0.05, 0.1) is 47.4 Å². The van der Waals surface area contributed by atoms with E-state index < -0.39 is 36.7 Å². The van der Waals surface area contributed by atoms with Gasteiger partial charge in [0.2, 0.25) is 12.0 Å². The zero-order valence-corrected chi connectivity index (χ0v) is 36.8. The number of esters is 2. The van der Waals surface area contributed by atoms with Crippen LogP contribution in [0.3, 0.4) is 0 Å². The van der Waals surface area contributed by atoms with Crippen molar-refractivity contribution in [1.82, 2.24) is 0 Å². The summed E-state index contributed by atoms with van der Waals surface area (Å²) in [6, 6.07) is 0. The molecule has 0 saturated heterocycles. The molecule has 2 unspecified atom stereocenters. The Balaban J connectivity index is 2.74. The lowest BCUT2D eigenvalue weighted by molar-refractivity contribution is -0.293. The van der Waals surface area contributed by atoms with Crippen molar-refractivity contribution in [2.24, 2.45) is 0 Å². The van der Waals surface area contributed by atoms with Gasteiger partial charge in [-0.25, -0.2) is 9.59 Å². The zero-order valence-electron chi connectivity index (χ0n) is 30.3. The highest BCUT2D eigenvalue weighted by Gasteiger charge is 2.37. The van der Waals surface area contributed by atoms with Crippen molar-refractivity contribution in [3.05, 3.63) is 16.3 Å². The number of benzene rings is 1. The molecule has 0 fully saturated rings. The summed E-state index contributed by atoms with van der Waals surface area (Å²) in [5.41, 5.74) is 0.704. The molecule has 1 rings (SSSR count). The van der Waals surface area contributed by atoms with E-state index in [4.69, 9.17) is 19.2 Å². The number of ketones is 1. The molecule has 0 saturated carbocycles. The summed E-state index contributed by atoms with van der Waals surface area (Å²) < 4.78 is 11.7. The standard InChI is InChI=1S/C36H55I3N2O10/c1-5-7-8-9-10-11-12-13-14-15-16-17-18-19-20-21-27(45)49-26(23-42)34(36(47)48-6-2)50-51-35(46)28-29(37)32(40-22-24(3)43)31(39)33(30(28)38)41-25(4)44/h26,34,40,42H,5-23H2,1-4H3,(H,41,44). The van der Waals surface area contributed by atoms with E-state index in [-0.39, 0.29) is 36.8 Å². The van der Waals surface area contributed by atoms with Crippen LogP contribution in [0.5, 0.6) is 0 Å². The van der Waals surface area contributed by atoms with Crippen LogP contribution in [0.15, 0.2) is 0 Å². The summed E-state index contributed by atoms with van der Waals surface area (Å²) in [7, 11) is 0. The summed E-state index contributed by atoms with van der Waals surface area (Å²) in [4.78, 5) is 72.9. The van der Waals surface area contributed by atoms with Gasteiger partial charge >= 0.3 is 17.9 Å². The number of Topliss-reactive ketones (excluding diaryl/α,β-unsaturated/α-hetero) is 1. The van der Waals surface area contributed by atoms with E-state index in [1.54, 1.807) is 6.92 Å². The van der Waals surface area contributed by atoms with Gasteiger partial charge in [0.25, 0.3) is 0 Å². The number of carbonyl (C=O) groups excluding carboxylic acids is 5. The Bertz CT molecular complexity index is 1260. The maximum atomic E-state index is 13.4. The number of ether oxygens (including phenoxy) is 2. The van der Waals surface area contributed by atoms with Crippen LogP contribution in [-0.4, -0.2) is 66.7 Å². The SMILES string of the molecule is CCCCCCCCCCCCCCCCCC(=O)OC(CO)C(OOC(=O)c1c(I)c(NCC(C)=O)c(I)c(NC(C)=O)c1I)C(=O)OCC. The van der Waals surface area contributed by atoms with Gasteiger partial charge in [0.1, 0.15) is 5.78 Å². The molecule has 0 bridgehead atoms. The van der Waals surface area contributed by atoms with Gasteiger partial charge in [-0.2, -0.15) is 4.89 Å². The maximum absolute atomic E-state index is 13.4. The first-order valence-corrected chi connectivity index (χ1v) is 21.2. The largest absolute Gasteiger partial charge is 0.464 e. The molecule has 0 aromatic heterocycles. The number of anilines is 2. The van der Waals surface area contributed by atoms with Crippen molar-refractivity contribution in [3.8, 4) is 0 Å². The van der Waals surface area contributed by atoms with Crippen LogP contribution in [0, 0.1) is 10.7 Å². The van der Waals surface area contributed by atoms with Gasteiger partial charge in [-0.1, -0.05) is 96.8 Å². The van der Waals surface area contributed by atoms with Crippen molar-refractivity contribution in [2.45, 2.75) is 143 Å². The number of carbonyl (C=O) groups is 5. The first-order chi connectivity index (χ1) is 24.4. The fourth-order valence-corrected chi connectivity index (χ4v) is 9.43. The second kappa shape index (κ2) is 28.2. The molecular weight excluding hydrogens is 1000 g/mol. The lowest BCUT2D eigenvalue weighted by atomic mass is 10.0. The molecule has 0 heterocycles. The monoisotopic (exact) mass is 1060 g/mol. The Hall–Kier alpha value is -1.32. The van der Waals surface area contributed by atoms with Crippen molar-refractivity contribution < 1.29 is 48.3 Å². The van der Waals surface area contributed by atoms with Gasteiger partial charge in [-0.05, 0) is 88.0 Å². The van der Waals surface area contributed by atoms with Crippen molar-refractivity contribution in [2.75, 3.05) is 30.4 Å². The molecule has 2 atom stereocenters. The van der Waals surface area contributed by atoms with E-state index in [1.807, 2.05) is 67.8 Å². The first kappa shape index (κ1) is 47.7. The fourth-order valence-electron chi connectivity index (χ4n) is 5.17. The van der Waals surface area contributed by atoms with Crippen LogP contribution in [-0.2, 0) is 38.4 Å². The molecule has 290 valence electrons. The number of aliphatic hydroxyl groups excluding tert-OH is 1. The third kappa shape index (κ3) is 19.0. The number of amides is 1. The van der Waals surface area contributed by atoms with Crippen LogP contribution < -0.4 is 10.6 Å². The Morgan fingerprint density at radius 2 is 1.24 bits per heavy atom. The molecule has 0 aliphatic heterocycles. The van der Waals surface area contributed by atoms with Crippen LogP contribution in [0.2, 0.25) is 0 Å². The average Bonchev–Trinajstić information content (AvgIpc) is 3.07. The minimum atomic E-state index is -1.77. The number of rotatable bonds is 28. The van der Waals surface area contributed by atoms with Crippen LogP contribution in [0.1, 0.15) is 141 Å². The van der Waals surface area contributed by atoms with Gasteiger partial charge in [-0.3, -0.25) is 19.3 Å². The minimum absolute atomic E-state index is 0.0141. The predicted molar refractivity (Wildman–Crippen MR) is 222 cm³/mol. The Morgan fingerprint density at radius 1 is 0.725 bits per heavy atom. The molecule has 0 spiro atoms. The van der Waals surface area contributed by atoms with E-state index in [1.165, 1.54) is 84.5 Å². The highest BCUT2D eigenvalue weighted by Crippen LogP contribution is 2.39. The highest BCUT2D eigenvalue weighted by molar-refractivity contribution is 14.1. The van der Waals surface area contributed by atoms with Crippen molar-refractivity contribution >= 4 is 109 Å². The Morgan fingerprint density at radius 3 is 1.71 bits per heavy atom. The summed E-state index contributed by atoms with van der Waals surface area (Å²) in [5, 5.41) is 15.7. The Labute approximate surface area is 343 Å². The molecule has 51 heavy (non-hydrogen) atoms. The van der Waals surface area contributed by atoms with Gasteiger partial charge in [0, 0.05) is 13.3 Å². The van der Waals surface area contributed by atoms with Gasteiger partial charge in [0.15, 0.2) is 6.10 Å². The van der Waals surface area contributed by atoms with Crippen LogP contribution in [0.25, 0.3) is 0 Å². The fraction of sp³-hybridized carbons (Fsp3) is 0.694. The van der Waals surface area contributed by atoms with E-state index in [0.717, 1.165) is 19.3 Å². The molecule has 0 aliphatic rings. The van der Waals surface area contributed by atoms with E-state index in [2.05, 4.69) is 17.6 Å². The number of hydrogen-bond acceptors (Lipinski definition) is 11. The molecule has 15 heteroatoms. The maximum Gasteiger partial charge on any atom is 0.375 e. The van der Waals surface area contributed by atoms with Gasteiger partial charge in [-0.15, -0.1) is 0 Å². The van der Waals surface area contributed by atoms with E-state index in [9.17, 15) is 29.1 Å². The van der Waals surface area contributed by atoms with Crippen molar-refractivity contribution in [1.29, 1.82) is 0 Å². The molecule has 1 aromatic carbocycles. The molecule has 1 amide bonds. The number of hydrogen-bond donors (Lipinski definition) is 3. The topological polar surface area (TPSA) is 167 Å². The molecule has 0 radical (unpaired) electrons.